The summed E-state index contributed by atoms with van der Waals surface area (Å²) < 4.78 is 12.1. The van der Waals surface area contributed by atoms with E-state index in [9.17, 15) is 4.79 Å². The van der Waals surface area contributed by atoms with Gasteiger partial charge in [-0.15, -0.1) is 0 Å². The summed E-state index contributed by atoms with van der Waals surface area (Å²) in [7, 11) is 1.56. The normalized spacial score (nSPS) is 10.8. The molecule has 1 N–H and O–H groups in total. The fourth-order valence-corrected chi connectivity index (χ4v) is 3.48. The van der Waals surface area contributed by atoms with E-state index >= 15 is 0 Å². The summed E-state index contributed by atoms with van der Waals surface area (Å²) in [6, 6.07) is 20.6. The molecule has 0 saturated carbocycles. The molecular formula is C23H20BrClN2O3. The third-order valence-corrected chi connectivity index (χ3v) is 5.15. The maximum absolute atomic E-state index is 12.0. The Morgan fingerprint density at radius 3 is 2.60 bits per heavy atom. The van der Waals surface area contributed by atoms with Gasteiger partial charge in [-0.25, -0.2) is 5.43 Å². The van der Waals surface area contributed by atoms with Crippen molar-refractivity contribution in [1.82, 2.24) is 5.43 Å². The van der Waals surface area contributed by atoms with Crippen molar-refractivity contribution in [3.05, 3.63) is 92.9 Å². The minimum Gasteiger partial charge on any atom is -0.493 e. The van der Waals surface area contributed by atoms with E-state index in [0.29, 0.717) is 27.6 Å². The second-order valence-corrected chi connectivity index (χ2v) is 7.63. The highest BCUT2D eigenvalue weighted by atomic mass is 79.9. The van der Waals surface area contributed by atoms with Gasteiger partial charge in [0.25, 0.3) is 0 Å². The van der Waals surface area contributed by atoms with Gasteiger partial charge in [0.15, 0.2) is 11.5 Å². The maximum atomic E-state index is 12.0. The first-order chi connectivity index (χ1) is 14.6. The highest BCUT2D eigenvalue weighted by Gasteiger charge is 2.12. The van der Waals surface area contributed by atoms with Gasteiger partial charge in [0, 0.05) is 10.6 Å². The van der Waals surface area contributed by atoms with Crippen molar-refractivity contribution < 1.29 is 14.3 Å². The van der Waals surface area contributed by atoms with Gasteiger partial charge in [0.1, 0.15) is 6.61 Å². The van der Waals surface area contributed by atoms with Gasteiger partial charge < -0.3 is 9.47 Å². The van der Waals surface area contributed by atoms with E-state index in [2.05, 4.69) is 26.5 Å². The molecular weight excluding hydrogens is 468 g/mol. The summed E-state index contributed by atoms with van der Waals surface area (Å²) in [4.78, 5) is 12.0. The molecule has 0 aliphatic rings. The molecule has 1 amide bonds. The molecule has 154 valence electrons. The van der Waals surface area contributed by atoms with E-state index < -0.39 is 0 Å². The zero-order valence-corrected chi connectivity index (χ0v) is 18.6. The van der Waals surface area contributed by atoms with E-state index in [1.807, 2.05) is 60.7 Å². The van der Waals surface area contributed by atoms with Gasteiger partial charge in [-0.3, -0.25) is 4.79 Å². The average molecular weight is 488 g/mol. The number of carbonyl (C=O) groups is 1. The smallest absolute Gasteiger partial charge is 0.244 e. The molecule has 5 nitrogen and oxygen atoms in total. The molecule has 30 heavy (non-hydrogen) atoms. The first kappa shape index (κ1) is 21.9. The highest BCUT2D eigenvalue weighted by molar-refractivity contribution is 9.10. The second kappa shape index (κ2) is 10.8. The molecule has 0 aromatic heterocycles. The van der Waals surface area contributed by atoms with E-state index in [4.69, 9.17) is 21.1 Å². The Balaban J connectivity index is 1.65. The molecule has 0 unspecified atom stereocenters. The molecule has 0 bridgehead atoms. The van der Waals surface area contributed by atoms with Crippen LogP contribution in [0.2, 0.25) is 5.02 Å². The number of rotatable bonds is 8. The molecule has 0 heterocycles. The van der Waals surface area contributed by atoms with Crippen molar-refractivity contribution in [2.75, 3.05) is 7.11 Å². The lowest BCUT2D eigenvalue weighted by molar-refractivity contribution is -0.120. The minimum absolute atomic E-state index is 0.192. The molecule has 3 rings (SSSR count). The van der Waals surface area contributed by atoms with Gasteiger partial charge in [-0.05, 0) is 45.3 Å². The van der Waals surface area contributed by atoms with Crippen molar-refractivity contribution >= 4 is 39.7 Å². The first-order valence-electron chi connectivity index (χ1n) is 9.16. The summed E-state index contributed by atoms with van der Waals surface area (Å²) in [5, 5.41) is 4.67. The van der Waals surface area contributed by atoms with Crippen molar-refractivity contribution in [3.8, 4) is 11.5 Å². The van der Waals surface area contributed by atoms with E-state index in [0.717, 1.165) is 16.7 Å². The van der Waals surface area contributed by atoms with Crippen LogP contribution in [-0.2, 0) is 17.8 Å². The molecule has 0 atom stereocenters. The maximum Gasteiger partial charge on any atom is 0.244 e. The van der Waals surface area contributed by atoms with Crippen LogP contribution in [0.5, 0.6) is 11.5 Å². The van der Waals surface area contributed by atoms with Gasteiger partial charge in [-0.1, -0.05) is 60.1 Å². The van der Waals surface area contributed by atoms with Crippen LogP contribution >= 0.6 is 27.5 Å². The topological polar surface area (TPSA) is 59.9 Å². The predicted molar refractivity (Wildman–Crippen MR) is 122 cm³/mol. The molecule has 0 fully saturated rings. The van der Waals surface area contributed by atoms with E-state index in [-0.39, 0.29) is 12.3 Å². The Morgan fingerprint density at radius 2 is 1.87 bits per heavy atom. The molecule has 0 spiro atoms. The number of nitrogens with one attached hydrogen (secondary N) is 1. The average Bonchev–Trinajstić information content (AvgIpc) is 2.74. The van der Waals surface area contributed by atoms with Crippen LogP contribution in [-0.4, -0.2) is 19.2 Å². The summed E-state index contributed by atoms with van der Waals surface area (Å²) >= 11 is 9.70. The van der Waals surface area contributed by atoms with Gasteiger partial charge in [0.05, 0.1) is 24.2 Å². The number of benzene rings is 3. The summed E-state index contributed by atoms with van der Waals surface area (Å²) in [5.74, 6) is 0.902. The summed E-state index contributed by atoms with van der Waals surface area (Å²) in [6.07, 6.45) is 1.81. The number of ether oxygens (including phenoxy) is 2. The number of methoxy groups -OCH3 is 1. The van der Waals surface area contributed by atoms with Crippen LogP contribution in [0.15, 0.2) is 76.3 Å². The van der Waals surface area contributed by atoms with Crippen LogP contribution in [0.4, 0.5) is 0 Å². The third-order valence-electron chi connectivity index (χ3n) is 4.19. The number of hydrogen-bond acceptors (Lipinski definition) is 4. The van der Waals surface area contributed by atoms with Gasteiger partial charge in [0.2, 0.25) is 5.91 Å². The zero-order valence-electron chi connectivity index (χ0n) is 16.3. The number of nitrogens with zero attached hydrogens (tertiary/aromatic N) is 1. The Bertz CT molecular complexity index is 1040. The molecule has 0 aliphatic carbocycles. The number of hydrogen-bond donors (Lipinski definition) is 1. The molecule has 3 aromatic rings. The lowest BCUT2D eigenvalue weighted by Gasteiger charge is -2.14. The van der Waals surface area contributed by atoms with Crippen LogP contribution < -0.4 is 14.9 Å². The monoisotopic (exact) mass is 486 g/mol. The van der Waals surface area contributed by atoms with Gasteiger partial charge >= 0.3 is 0 Å². The van der Waals surface area contributed by atoms with Crippen LogP contribution in [0, 0.1) is 0 Å². The highest BCUT2D eigenvalue weighted by Crippen LogP contribution is 2.37. The van der Waals surface area contributed by atoms with Crippen LogP contribution in [0.25, 0.3) is 0 Å². The molecule has 0 saturated heterocycles. The summed E-state index contributed by atoms with van der Waals surface area (Å²) in [6.45, 7) is 0.303. The number of halogens is 2. The number of carbonyl (C=O) groups excluding carboxylic acids is 1. The minimum atomic E-state index is -0.192. The van der Waals surface area contributed by atoms with E-state index in [1.54, 1.807) is 19.4 Å². The van der Waals surface area contributed by atoms with Crippen LogP contribution in [0.3, 0.4) is 0 Å². The largest absolute Gasteiger partial charge is 0.493 e. The van der Waals surface area contributed by atoms with Crippen molar-refractivity contribution in [1.29, 1.82) is 0 Å². The Morgan fingerprint density at radius 1 is 1.13 bits per heavy atom. The molecule has 7 heteroatoms. The molecule has 0 aliphatic heterocycles. The summed E-state index contributed by atoms with van der Waals surface area (Å²) in [5.41, 5.74) is 5.07. The van der Waals surface area contributed by atoms with Crippen molar-refractivity contribution in [2.24, 2.45) is 5.10 Å². The van der Waals surface area contributed by atoms with Crippen LogP contribution in [0.1, 0.15) is 16.7 Å². The van der Waals surface area contributed by atoms with E-state index in [1.165, 1.54) is 0 Å². The lowest BCUT2D eigenvalue weighted by Crippen LogP contribution is -2.19. The Kier molecular flexibility index (Phi) is 7.88. The standard InChI is InChI=1S/C23H20BrClN2O3/c1-29-21-12-17(14-26-27-22(28)13-16-7-3-2-4-8-16)11-19(24)23(21)30-15-18-9-5-6-10-20(18)25/h2-12,14H,13,15H2,1H3,(H,27,28)/b26-14-. The molecule has 0 radical (unpaired) electrons. The number of hydrazone groups is 1. The fourth-order valence-electron chi connectivity index (χ4n) is 2.72. The third kappa shape index (κ3) is 6.08. The number of amides is 1. The first-order valence-corrected chi connectivity index (χ1v) is 10.3. The van der Waals surface area contributed by atoms with Crippen molar-refractivity contribution in [3.63, 3.8) is 0 Å². The van der Waals surface area contributed by atoms with Gasteiger partial charge in [-0.2, -0.15) is 5.10 Å². The SMILES string of the molecule is COc1cc(/C=N\NC(=O)Cc2ccccc2)cc(Br)c1OCc1ccccc1Cl. The second-order valence-electron chi connectivity index (χ2n) is 6.37. The lowest BCUT2D eigenvalue weighted by atomic mass is 10.1. The predicted octanol–water partition coefficient (Wildman–Crippen LogP) is 5.38. The quantitative estimate of drug-likeness (QED) is 0.343. The zero-order chi connectivity index (χ0) is 21.3. The molecule has 3 aromatic carbocycles. The Labute approximate surface area is 188 Å². The fraction of sp³-hybridized carbons (Fsp3) is 0.130. The van der Waals surface area contributed by atoms with Crippen molar-refractivity contribution in [2.45, 2.75) is 13.0 Å². The Hall–Kier alpha value is -2.83.